The van der Waals surface area contributed by atoms with Crippen molar-refractivity contribution in [3.63, 3.8) is 0 Å². The number of fused-ring (bicyclic) bond motifs is 1. The summed E-state index contributed by atoms with van der Waals surface area (Å²) in [7, 11) is 5.19. The van der Waals surface area contributed by atoms with Gasteiger partial charge in [0.15, 0.2) is 0 Å². The van der Waals surface area contributed by atoms with E-state index in [1.54, 1.807) is 31.3 Å². The Balaban J connectivity index is 1.51. The van der Waals surface area contributed by atoms with E-state index in [0.29, 0.717) is 18.6 Å². The highest BCUT2D eigenvalue weighted by atomic mass is 16.5. The number of Topliss-reactive ketones (excluding diaryl/α,β-unsaturated/α-hetero) is 1. The molecular formula is C27H30N6O3. The van der Waals surface area contributed by atoms with Gasteiger partial charge in [-0.15, -0.1) is 0 Å². The number of piperidine rings is 1. The Morgan fingerprint density at radius 2 is 1.69 bits per heavy atom. The van der Waals surface area contributed by atoms with E-state index < -0.39 is 0 Å². The molecule has 3 heterocycles. The average Bonchev–Trinajstić information content (AvgIpc) is 3.35. The third-order valence-corrected chi connectivity index (χ3v) is 6.54. The fourth-order valence-electron chi connectivity index (χ4n) is 4.48. The lowest BCUT2D eigenvalue weighted by molar-refractivity contribution is -0.121. The minimum Gasteiger partial charge on any atom is -0.497 e. The summed E-state index contributed by atoms with van der Waals surface area (Å²) in [6, 6.07) is 12.0. The maximum absolute atomic E-state index is 11.7. The monoisotopic (exact) mass is 486 g/mol. The van der Waals surface area contributed by atoms with Crippen LogP contribution in [0.25, 0.3) is 22.3 Å². The number of hydrogen-bond donors (Lipinski definition) is 0. The van der Waals surface area contributed by atoms with Crippen LogP contribution in [0.2, 0.25) is 0 Å². The number of rotatable bonds is 8. The number of aromatic nitrogens is 4. The minimum atomic E-state index is 0.346. The zero-order chi connectivity index (χ0) is 25.1. The van der Waals surface area contributed by atoms with Crippen molar-refractivity contribution >= 4 is 28.2 Å². The van der Waals surface area contributed by atoms with Gasteiger partial charge in [-0.3, -0.25) is 14.5 Å². The van der Waals surface area contributed by atoms with Crippen LogP contribution in [0.3, 0.4) is 0 Å². The first kappa shape index (κ1) is 23.7. The molecule has 4 aromatic rings. The Labute approximate surface area is 210 Å². The van der Waals surface area contributed by atoms with E-state index in [4.69, 9.17) is 14.5 Å². The lowest BCUT2D eigenvalue weighted by atomic mass is 10.1. The summed E-state index contributed by atoms with van der Waals surface area (Å²) in [5, 5.41) is 4.26. The smallest absolute Gasteiger partial charge is 0.135 e. The second-order valence-electron chi connectivity index (χ2n) is 8.93. The van der Waals surface area contributed by atoms with Gasteiger partial charge in [0.2, 0.25) is 0 Å². The summed E-state index contributed by atoms with van der Waals surface area (Å²) in [6.07, 6.45) is 6.74. The van der Waals surface area contributed by atoms with Crippen LogP contribution in [0.4, 0.5) is 11.4 Å². The van der Waals surface area contributed by atoms with Crippen molar-refractivity contribution in [3.8, 4) is 22.8 Å². The van der Waals surface area contributed by atoms with Crippen LogP contribution >= 0.6 is 0 Å². The Morgan fingerprint density at radius 1 is 0.944 bits per heavy atom. The van der Waals surface area contributed by atoms with Gasteiger partial charge < -0.3 is 19.3 Å². The van der Waals surface area contributed by atoms with E-state index in [1.807, 2.05) is 37.5 Å². The molecule has 0 bridgehead atoms. The fourth-order valence-corrected chi connectivity index (χ4v) is 4.48. The zero-order valence-corrected chi connectivity index (χ0v) is 20.8. The highest BCUT2D eigenvalue weighted by Crippen LogP contribution is 2.34. The number of ketones is 1. The van der Waals surface area contributed by atoms with E-state index in [9.17, 15) is 4.79 Å². The maximum Gasteiger partial charge on any atom is 0.135 e. The van der Waals surface area contributed by atoms with E-state index in [0.717, 1.165) is 71.3 Å². The highest BCUT2D eigenvalue weighted by molar-refractivity contribution is 5.83. The quantitative estimate of drug-likeness (QED) is 0.371. The van der Waals surface area contributed by atoms with E-state index >= 15 is 0 Å². The van der Waals surface area contributed by atoms with Crippen LogP contribution in [0.5, 0.6) is 11.5 Å². The molecule has 2 aromatic carbocycles. The molecular weight excluding hydrogens is 456 g/mol. The molecule has 0 radical (unpaired) electrons. The summed E-state index contributed by atoms with van der Waals surface area (Å²) < 4.78 is 12.8. The van der Waals surface area contributed by atoms with Crippen molar-refractivity contribution in [2.75, 3.05) is 45.3 Å². The molecule has 36 heavy (non-hydrogen) atoms. The topological polar surface area (TPSA) is 85.6 Å². The van der Waals surface area contributed by atoms with Crippen LogP contribution in [0, 0.1) is 0 Å². The molecule has 0 N–H and O–H groups in total. The molecule has 9 heteroatoms. The van der Waals surface area contributed by atoms with Crippen molar-refractivity contribution in [2.24, 2.45) is 7.05 Å². The first-order chi connectivity index (χ1) is 17.5. The molecule has 0 atom stereocenters. The molecule has 2 aromatic heterocycles. The molecule has 0 aliphatic carbocycles. The SMILES string of the molecule is COc1cc(OC)cc(N(CCN2CCC(=O)CC2)c2ccc3ncc(-c4cnn(C)c4)nc3c2)c1. The number of methoxy groups -OCH3 is 2. The number of anilines is 2. The first-order valence-electron chi connectivity index (χ1n) is 12.0. The summed E-state index contributed by atoms with van der Waals surface area (Å²) >= 11 is 0. The second kappa shape index (κ2) is 10.3. The van der Waals surface area contributed by atoms with Crippen LogP contribution in [0.1, 0.15) is 12.8 Å². The van der Waals surface area contributed by atoms with Gasteiger partial charge in [-0.25, -0.2) is 4.98 Å². The molecule has 1 fully saturated rings. The molecule has 0 amide bonds. The minimum absolute atomic E-state index is 0.346. The van der Waals surface area contributed by atoms with Crippen LogP contribution < -0.4 is 14.4 Å². The largest absolute Gasteiger partial charge is 0.497 e. The lowest BCUT2D eigenvalue weighted by Crippen LogP contribution is -2.38. The molecule has 186 valence electrons. The Kier molecular flexibility index (Phi) is 6.81. The number of carbonyl (C=O) groups is 1. The maximum atomic E-state index is 11.7. The van der Waals surface area contributed by atoms with E-state index in [-0.39, 0.29) is 0 Å². The van der Waals surface area contributed by atoms with Crippen molar-refractivity contribution < 1.29 is 14.3 Å². The zero-order valence-electron chi connectivity index (χ0n) is 20.8. The number of benzene rings is 2. The van der Waals surface area contributed by atoms with Gasteiger partial charge >= 0.3 is 0 Å². The van der Waals surface area contributed by atoms with Gasteiger partial charge in [-0.1, -0.05) is 0 Å². The molecule has 1 aliphatic rings. The molecule has 1 saturated heterocycles. The van der Waals surface area contributed by atoms with Gasteiger partial charge in [0.1, 0.15) is 17.3 Å². The van der Waals surface area contributed by atoms with Crippen LogP contribution in [-0.4, -0.2) is 70.8 Å². The predicted octanol–water partition coefficient (Wildman–Crippen LogP) is 3.85. The molecule has 9 nitrogen and oxygen atoms in total. The fraction of sp³-hybridized carbons (Fsp3) is 0.333. The molecule has 0 unspecified atom stereocenters. The van der Waals surface area contributed by atoms with Gasteiger partial charge in [-0.2, -0.15) is 5.10 Å². The summed E-state index contributed by atoms with van der Waals surface area (Å²) in [4.78, 5) is 25.8. The van der Waals surface area contributed by atoms with Gasteiger partial charge in [0, 0.05) is 87.4 Å². The molecule has 0 saturated carbocycles. The number of carbonyl (C=O) groups excluding carboxylic acids is 1. The third-order valence-electron chi connectivity index (χ3n) is 6.54. The van der Waals surface area contributed by atoms with Crippen molar-refractivity contribution in [2.45, 2.75) is 12.8 Å². The average molecular weight is 487 g/mol. The van der Waals surface area contributed by atoms with Crippen molar-refractivity contribution in [1.29, 1.82) is 0 Å². The van der Waals surface area contributed by atoms with E-state index in [2.05, 4.69) is 32.0 Å². The molecule has 1 aliphatic heterocycles. The number of nitrogens with zero attached hydrogens (tertiary/aromatic N) is 6. The predicted molar refractivity (Wildman–Crippen MR) is 139 cm³/mol. The Bertz CT molecular complexity index is 1350. The lowest BCUT2D eigenvalue weighted by Gasteiger charge is -2.31. The summed E-state index contributed by atoms with van der Waals surface area (Å²) in [5.74, 6) is 1.79. The van der Waals surface area contributed by atoms with Crippen LogP contribution in [-0.2, 0) is 11.8 Å². The summed E-state index contributed by atoms with van der Waals surface area (Å²) in [6.45, 7) is 3.15. The van der Waals surface area contributed by atoms with Crippen molar-refractivity contribution in [1.82, 2.24) is 24.6 Å². The first-order valence-corrected chi connectivity index (χ1v) is 12.0. The normalized spacial score (nSPS) is 14.2. The standard InChI is InChI=1S/C27H30N6O3/c1-31-18-19(16-29-31)27-17-28-25-5-4-20(14-26(25)30-27)33(11-10-32-8-6-22(34)7-9-32)21-12-23(35-2)15-24(13-21)36-3/h4-5,12-18H,6-11H2,1-3H3. The number of ether oxygens (including phenoxy) is 2. The molecule has 5 rings (SSSR count). The molecule has 0 spiro atoms. The van der Waals surface area contributed by atoms with Gasteiger partial charge in [-0.05, 0) is 18.2 Å². The van der Waals surface area contributed by atoms with Crippen LogP contribution in [0.15, 0.2) is 55.0 Å². The summed E-state index contributed by atoms with van der Waals surface area (Å²) in [5.41, 5.74) is 5.27. The number of likely N-dealkylation sites (tertiary alicyclic amines) is 1. The number of aryl methyl sites for hydroxylation is 1. The highest BCUT2D eigenvalue weighted by Gasteiger charge is 2.19. The third kappa shape index (κ3) is 5.16. The van der Waals surface area contributed by atoms with Crippen molar-refractivity contribution in [3.05, 3.63) is 55.0 Å². The van der Waals surface area contributed by atoms with Gasteiger partial charge in [0.05, 0.1) is 43.3 Å². The van der Waals surface area contributed by atoms with Gasteiger partial charge in [0.25, 0.3) is 0 Å². The second-order valence-corrected chi connectivity index (χ2v) is 8.93. The number of hydrogen-bond acceptors (Lipinski definition) is 8. The van der Waals surface area contributed by atoms with E-state index in [1.165, 1.54) is 0 Å². The Hall–Kier alpha value is -3.98. The Morgan fingerprint density at radius 3 is 2.36 bits per heavy atom.